The maximum absolute atomic E-state index is 11.6. The van der Waals surface area contributed by atoms with Gasteiger partial charge in [0.2, 0.25) is 0 Å². The van der Waals surface area contributed by atoms with Crippen molar-refractivity contribution in [2.75, 3.05) is 46.4 Å². The SMILES string of the molecule is CC.CC.CC.CC.CC.CC.CC.CC.CC.CC.CC.O=C1CC2CCCC2O1.O=C1CC2OC3OCOC3C2O1.O=C1CC2OCCC2O1.O=C1OC2CC3CC(C2)CC1C3.O=C1OCC2CC3CC1C2C3.O=C1OCC2CCCC12.O=C1OCC2CCCC1C2.O=C1OCCC12CC1CCC2C1.O=C1OCCC12CCCCC2. The number of carbonyl (C=O) groups excluding carboxylic acids is 9. The molecule has 10 aliphatic carbocycles. The van der Waals surface area contributed by atoms with Crippen LogP contribution >= 0.6 is 0 Å². The van der Waals surface area contributed by atoms with Crippen LogP contribution in [0.4, 0.5) is 0 Å². The van der Waals surface area contributed by atoms with Gasteiger partial charge < -0.3 is 61.6 Å². The second kappa shape index (κ2) is 57.4. The van der Waals surface area contributed by atoms with Crippen molar-refractivity contribution >= 4 is 53.7 Å². The number of cyclic esters (lactones) is 5. The first-order valence-corrected chi connectivity index (χ1v) is 48.2. The Morgan fingerprint density at radius 1 is 0.316 bits per heavy atom. The molecule has 23 fully saturated rings. The summed E-state index contributed by atoms with van der Waals surface area (Å²) in [4.78, 5) is 99.4. The molecule has 10 bridgehead atoms. The van der Waals surface area contributed by atoms with Gasteiger partial charge in [0.15, 0.2) is 25.3 Å². The Balaban J connectivity index is 0.000000331. The fraction of sp³-hybridized carbons (Fsp3) is 0.905. The number of hydrogen-bond donors (Lipinski definition) is 0. The van der Waals surface area contributed by atoms with Crippen LogP contribution in [0.25, 0.3) is 0 Å². The van der Waals surface area contributed by atoms with E-state index in [4.69, 9.17) is 61.6 Å². The van der Waals surface area contributed by atoms with Crippen LogP contribution in [0.3, 0.4) is 0 Å². The maximum atomic E-state index is 11.6. The number of rotatable bonds is 0. The molecule has 23 aliphatic rings. The van der Waals surface area contributed by atoms with E-state index in [0.717, 1.165) is 139 Å². The number of esters is 9. The Morgan fingerprint density at radius 2 is 0.880 bits per heavy atom. The third kappa shape index (κ3) is 29.4. The summed E-state index contributed by atoms with van der Waals surface area (Å²) >= 11 is 0. The van der Waals surface area contributed by atoms with Crippen LogP contribution in [0.15, 0.2) is 0 Å². The minimum absolute atomic E-state index is 0.00289. The van der Waals surface area contributed by atoms with Crippen LogP contribution < -0.4 is 0 Å². The minimum Gasteiger partial charge on any atom is -0.465 e. The lowest BCUT2D eigenvalue weighted by Crippen LogP contribution is -2.37. The highest BCUT2D eigenvalue weighted by Crippen LogP contribution is 2.60. The summed E-state index contributed by atoms with van der Waals surface area (Å²) in [6.07, 6.45) is 36.5. The molecular weight excluding hydrogens is 1490 g/mol. The van der Waals surface area contributed by atoms with E-state index >= 15 is 0 Å². The van der Waals surface area contributed by atoms with Crippen molar-refractivity contribution < 1.29 is 105 Å². The standard InChI is InChI=1S/2C10H14O2.C9H12O2.C9H14O2.C8H12O2.C7H8O5.2C7H10O2.C6H8O3.11C2H6/c11-10-8-2-6-1-7(3-8)5-9(4-6)12-10;11-9-10(3-4-12-9)6-7-1-2-8(10)5-7;10-9-8-3-5-1-6(4-11-9)7(8)2-5;10-8-9(6-7-11-8)4-2-1-3-5-9;9-8-7-3-1-2-6(4-7)5-10-8;8-4-1-3-5(12-4)6-7(11-3)10-2-9-6;8-7-6-3-1-2-5(6)4-9-7;8-7-4-5-2-1-3-6(5)9-7;7-6-3-5-4(9-6)1-2-8-5;11*1-2/h6-9H,1-5H2;7-8H,1-6H2;5-8H,1-4H2;1-7H2;6-7H,1-5H2;3,5-7H,1-2H2;2*5-6H,1-4H2;4-5H,1-3H2;11*1-2H3. The molecule has 13 saturated heterocycles. The molecule has 21 atom stereocenters. The largest absolute Gasteiger partial charge is 0.465 e. The third-order valence-electron chi connectivity index (χ3n) is 26.1. The number of fused-ring (bicyclic) bond motifs is 13. The van der Waals surface area contributed by atoms with Crippen molar-refractivity contribution in [1.82, 2.24) is 0 Å². The number of ether oxygens (including phenoxy) is 13. The molecule has 21 unspecified atom stereocenters. The zero-order valence-corrected chi connectivity index (χ0v) is 77.5. The summed E-state index contributed by atoms with van der Waals surface area (Å²) in [7, 11) is 0. The lowest BCUT2D eigenvalue weighted by molar-refractivity contribution is -0.161. The molecule has 680 valence electrons. The van der Waals surface area contributed by atoms with E-state index in [9.17, 15) is 43.2 Å². The van der Waals surface area contributed by atoms with E-state index in [2.05, 4.69) is 0 Å². The van der Waals surface area contributed by atoms with E-state index in [1.807, 2.05) is 152 Å². The summed E-state index contributed by atoms with van der Waals surface area (Å²) in [5.74, 6) is 8.60. The molecule has 22 nitrogen and oxygen atoms in total. The van der Waals surface area contributed by atoms with E-state index in [0.29, 0.717) is 87.3 Å². The molecule has 0 aromatic heterocycles. The van der Waals surface area contributed by atoms with Crippen molar-refractivity contribution in [3.8, 4) is 0 Å². The van der Waals surface area contributed by atoms with Gasteiger partial charge >= 0.3 is 53.7 Å². The van der Waals surface area contributed by atoms with Crippen molar-refractivity contribution in [3.05, 3.63) is 0 Å². The first-order chi connectivity index (χ1) is 57.1. The maximum Gasteiger partial charge on any atom is 0.312 e. The zero-order chi connectivity index (χ0) is 87.4. The average Bonchev–Trinajstić information content (AvgIpc) is 1.59. The molecular formula is C95H168O22. The molecule has 0 aromatic carbocycles. The predicted molar refractivity (Wildman–Crippen MR) is 454 cm³/mol. The van der Waals surface area contributed by atoms with Crippen LogP contribution in [0.2, 0.25) is 0 Å². The third-order valence-corrected chi connectivity index (χ3v) is 26.1. The van der Waals surface area contributed by atoms with Crippen molar-refractivity contribution in [3.63, 3.8) is 0 Å². The van der Waals surface area contributed by atoms with Gasteiger partial charge in [-0.2, -0.15) is 0 Å². The van der Waals surface area contributed by atoms with Gasteiger partial charge in [0.05, 0.1) is 93.4 Å². The fourth-order valence-corrected chi connectivity index (χ4v) is 21.3. The van der Waals surface area contributed by atoms with Gasteiger partial charge in [0, 0.05) is 18.3 Å². The van der Waals surface area contributed by atoms with E-state index in [1.165, 1.54) is 96.3 Å². The van der Waals surface area contributed by atoms with Crippen molar-refractivity contribution in [1.29, 1.82) is 0 Å². The van der Waals surface area contributed by atoms with Crippen LogP contribution in [-0.2, 0) is 105 Å². The molecule has 13 heterocycles. The van der Waals surface area contributed by atoms with Crippen LogP contribution in [0, 0.1) is 93.7 Å². The fourth-order valence-electron chi connectivity index (χ4n) is 21.3. The Kier molecular flexibility index (Phi) is 52.2. The molecule has 0 radical (unpaired) electrons. The van der Waals surface area contributed by atoms with Crippen molar-refractivity contribution in [2.24, 2.45) is 93.7 Å². The van der Waals surface area contributed by atoms with E-state index < -0.39 is 0 Å². The first kappa shape index (κ1) is 106. The van der Waals surface area contributed by atoms with Gasteiger partial charge in [0.25, 0.3) is 0 Å². The summed E-state index contributed by atoms with van der Waals surface area (Å²) in [5.41, 5.74) is -0.0266. The Hall–Kier alpha value is -4.93. The topological polar surface area (TPSA) is 274 Å². The van der Waals surface area contributed by atoms with Crippen LogP contribution in [0.1, 0.15) is 364 Å². The normalized spacial score (nSPS) is 36.5. The van der Waals surface area contributed by atoms with Gasteiger partial charge in [-0.1, -0.05) is 191 Å². The molecule has 0 aromatic rings. The average molecular weight is 1660 g/mol. The monoisotopic (exact) mass is 1660 g/mol. The van der Waals surface area contributed by atoms with Crippen LogP contribution in [0.5, 0.6) is 0 Å². The van der Waals surface area contributed by atoms with Crippen LogP contribution in [-0.4, -0.2) is 149 Å². The second-order valence-corrected chi connectivity index (χ2v) is 32.0. The second-order valence-electron chi connectivity index (χ2n) is 32.0. The van der Waals surface area contributed by atoms with Gasteiger partial charge in [-0.3, -0.25) is 43.2 Å². The summed E-state index contributed by atoms with van der Waals surface area (Å²) in [5, 5.41) is 0. The summed E-state index contributed by atoms with van der Waals surface area (Å²) in [6, 6.07) is 0. The van der Waals surface area contributed by atoms with Gasteiger partial charge in [-0.15, -0.1) is 0 Å². The Bertz CT molecular complexity index is 2750. The predicted octanol–water partition coefficient (Wildman–Crippen LogP) is 20.8. The Morgan fingerprint density at radius 3 is 1.45 bits per heavy atom. The molecule has 0 amide bonds. The number of hydrogen-bond acceptors (Lipinski definition) is 22. The van der Waals surface area contributed by atoms with Gasteiger partial charge in [0.1, 0.15) is 30.5 Å². The highest BCUT2D eigenvalue weighted by atomic mass is 16.8. The van der Waals surface area contributed by atoms with Crippen molar-refractivity contribution in [2.45, 2.75) is 413 Å². The first-order valence-electron chi connectivity index (χ1n) is 48.2. The molecule has 23 rings (SSSR count). The summed E-state index contributed by atoms with van der Waals surface area (Å²) < 4.78 is 66.4. The molecule has 22 heteroatoms. The zero-order valence-electron chi connectivity index (χ0n) is 77.5. The highest BCUT2D eigenvalue weighted by molar-refractivity contribution is 5.80. The lowest BCUT2D eigenvalue weighted by atomic mass is 9.68. The molecule has 0 N–H and O–H groups in total. The minimum atomic E-state index is -0.326. The number of carbonyl (C=O) groups is 9. The van der Waals surface area contributed by atoms with Gasteiger partial charge in [-0.25, -0.2) is 0 Å². The molecule has 2 spiro atoms. The summed E-state index contributed by atoms with van der Waals surface area (Å²) in [6.45, 7) is 48.4. The molecule has 117 heavy (non-hydrogen) atoms. The quantitative estimate of drug-likeness (QED) is 0.161. The highest BCUT2D eigenvalue weighted by Gasteiger charge is 2.59. The van der Waals surface area contributed by atoms with E-state index in [-0.39, 0.29) is 132 Å². The molecule has 10 saturated carbocycles. The smallest absolute Gasteiger partial charge is 0.312 e. The van der Waals surface area contributed by atoms with Gasteiger partial charge in [-0.05, 0) is 195 Å². The Labute approximate surface area is 708 Å². The van der Waals surface area contributed by atoms with E-state index in [1.54, 1.807) is 0 Å². The lowest BCUT2D eigenvalue weighted by Gasteiger charge is -2.35. The molecule has 13 aliphatic heterocycles.